The number of amides is 1. The second-order valence-corrected chi connectivity index (χ2v) is 8.17. The molecule has 5 rings (SSSR count). The van der Waals surface area contributed by atoms with Crippen molar-refractivity contribution in [1.29, 1.82) is 0 Å². The van der Waals surface area contributed by atoms with Crippen LogP contribution in [0.5, 0.6) is 0 Å². The van der Waals surface area contributed by atoms with Crippen LogP contribution in [-0.4, -0.2) is 21.7 Å². The summed E-state index contributed by atoms with van der Waals surface area (Å²) < 4.78 is 2.25. The molecule has 0 spiro atoms. The molecule has 1 N–H and O–H groups in total. The van der Waals surface area contributed by atoms with Crippen LogP contribution >= 0.6 is 0 Å². The van der Waals surface area contributed by atoms with Crippen LogP contribution in [0.4, 0.5) is 0 Å². The van der Waals surface area contributed by atoms with Gasteiger partial charge in [0.2, 0.25) is 0 Å². The van der Waals surface area contributed by atoms with Gasteiger partial charge in [0.1, 0.15) is 0 Å². The van der Waals surface area contributed by atoms with E-state index in [1.165, 1.54) is 5.56 Å². The van der Waals surface area contributed by atoms with Gasteiger partial charge >= 0.3 is 0 Å². The molecule has 5 aromatic rings. The molecular formula is C30H24N4O. The zero-order valence-electron chi connectivity index (χ0n) is 19.3. The molecule has 0 atom stereocenters. The van der Waals surface area contributed by atoms with E-state index < -0.39 is 0 Å². The van der Waals surface area contributed by atoms with Gasteiger partial charge in [-0.15, -0.1) is 0 Å². The lowest BCUT2D eigenvalue weighted by Gasteiger charge is -2.15. The summed E-state index contributed by atoms with van der Waals surface area (Å²) >= 11 is 0. The van der Waals surface area contributed by atoms with Gasteiger partial charge in [0.05, 0.1) is 17.6 Å². The molecule has 0 saturated carbocycles. The molecule has 0 radical (unpaired) electrons. The number of hydrogen-bond acceptors (Lipinski definition) is 3. The molecule has 170 valence electrons. The lowest BCUT2D eigenvalue weighted by Crippen LogP contribution is -2.17. The molecule has 0 saturated heterocycles. The Labute approximate surface area is 204 Å². The molecule has 5 heteroatoms. The molecule has 3 aromatic carbocycles. The highest BCUT2D eigenvalue weighted by Gasteiger charge is 2.18. The van der Waals surface area contributed by atoms with Crippen molar-refractivity contribution < 1.29 is 4.79 Å². The van der Waals surface area contributed by atoms with E-state index in [1.54, 1.807) is 30.7 Å². The Hall–Kier alpha value is -4.77. The Balaban J connectivity index is 1.65. The average Bonchev–Trinajstić information content (AvgIpc) is 3.30. The second-order valence-electron chi connectivity index (χ2n) is 8.17. The Kier molecular flexibility index (Phi) is 6.31. The van der Waals surface area contributed by atoms with Crippen LogP contribution < -0.4 is 5.43 Å². The van der Waals surface area contributed by atoms with Gasteiger partial charge in [0.25, 0.3) is 5.91 Å². The highest BCUT2D eigenvalue weighted by Crippen LogP contribution is 2.35. The Bertz CT molecular complexity index is 1460. The zero-order valence-corrected chi connectivity index (χ0v) is 19.3. The fourth-order valence-corrected chi connectivity index (χ4v) is 4.03. The van der Waals surface area contributed by atoms with Gasteiger partial charge < -0.3 is 4.57 Å². The minimum absolute atomic E-state index is 0.286. The Morgan fingerprint density at radius 1 is 0.829 bits per heavy atom. The highest BCUT2D eigenvalue weighted by atomic mass is 16.2. The first-order chi connectivity index (χ1) is 17.2. The topological polar surface area (TPSA) is 59.3 Å². The van der Waals surface area contributed by atoms with Gasteiger partial charge in [-0.05, 0) is 48.4 Å². The van der Waals surface area contributed by atoms with Crippen molar-refractivity contribution in [2.45, 2.75) is 6.92 Å². The van der Waals surface area contributed by atoms with Crippen molar-refractivity contribution in [1.82, 2.24) is 15.0 Å². The van der Waals surface area contributed by atoms with E-state index in [0.29, 0.717) is 5.56 Å². The Morgan fingerprint density at radius 3 is 2.11 bits per heavy atom. The smallest absolute Gasteiger partial charge is 0.271 e. The Morgan fingerprint density at radius 2 is 1.46 bits per heavy atom. The number of hydrazone groups is 1. The van der Waals surface area contributed by atoms with Crippen molar-refractivity contribution in [2.75, 3.05) is 0 Å². The monoisotopic (exact) mass is 456 g/mol. The van der Waals surface area contributed by atoms with Gasteiger partial charge in [0.15, 0.2) is 0 Å². The summed E-state index contributed by atoms with van der Waals surface area (Å²) in [5, 5.41) is 4.30. The van der Waals surface area contributed by atoms with Crippen molar-refractivity contribution in [3.63, 3.8) is 0 Å². The summed E-state index contributed by atoms with van der Waals surface area (Å²) in [5.74, 6) is -0.286. The van der Waals surface area contributed by atoms with Crippen LogP contribution in [0.15, 0.2) is 121 Å². The molecule has 0 aliphatic heterocycles. The normalized spacial score (nSPS) is 11.0. The molecule has 0 unspecified atom stereocenters. The second kappa shape index (κ2) is 10.0. The number of nitrogens with one attached hydrogen (secondary N) is 1. The van der Waals surface area contributed by atoms with Crippen LogP contribution in [-0.2, 0) is 0 Å². The standard InChI is InChI=1S/C30H24N4O/c1-22-12-14-27(15-13-22)34-28(23-8-4-2-5-9-23)20-26(29(34)24-10-6-3-7-11-24)21-32-33-30(35)25-16-18-31-19-17-25/h2-21H,1H3,(H,33,35)/b32-21-. The maximum atomic E-state index is 12.5. The van der Waals surface area contributed by atoms with Crippen LogP contribution in [0.1, 0.15) is 21.5 Å². The summed E-state index contributed by atoms with van der Waals surface area (Å²) in [6.45, 7) is 2.08. The number of aryl methyl sites for hydroxylation is 1. The lowest BCUT2D eigenvalue weighted by molar-refractivity contribution is 0.0955. The average molecular weight is 457 g/mol. The van der Waals surface area contributed by atoms with E-state index >= 15 is 0 Å². The third-order valence-corrected chi connectivity index (χ3v) is 5.75. The summed E-state index contributed by atoms with van der Waals surface area (Å²) in [4.78, 5) is 16.4. The number of rotatable bonds is 6. The van der Waals surface area contributed by atoms with Crippen LogP contribution in [0.25, 0.3) is 28.2 Å². The molecule has 5 nitrogen and oxygen atoms in total. The van der Waals surface area contributed by atoms with Crippen molar-refractivity contribution >= 4 is 12.1 Å². The van der Waals surface area contributed by atoms with Crippen LogP contribution in [0.3, 0.4) is 0 Å². The van der Waals surface area contributed by atoms with Crippen LogP contribution in [0.2, 0.25) is 0 Å². The van der Waals surface area contributed by atoms with Gasteiger partial charge in [-0.1, -0.05) is 78.4 Å². The summed E-state index contributed by atoms with van der Waals surface area (Å²) in [7, 11) is 0. The number of hydrogen-bond donors (Lipinski definition) is 1. The number of benzene rings is 3. The van der Waals surface area contributed by atoms with E-state index in [1.807, 2.05) is 36.4 Å². The largest absolute Gasteiger partial charge is 0.309 e. The molecule has 0 fully saturated rings. The maximum absolute atomic E-state index is 12.5. The first-order valence-electron chi connectivity index (χ1n) is 11.4. The molecule has 35 heavy (non-hydrogen) atoms. The van der Waals surface area contributed by atoms with Gasteiger partial charge in [-0.3, -0.25) is 9.78 Å². The van der Waals surface area contributed by atoms with Gasteiger partial charge in [0, 0.05) is 29.2 Å². The molecule has 0 bridgehead atoms. The lowest BCUT2D eigenvalue weighted by atomic mass is 10.1. The van der Waals surface area contributed by atoms with Crippen LogP contribution in [0, 0.1) is 6.92 Å². The third kappa shape index (κ3) is 4.80. The first kappa shape index (κ1) is 22.0. The van der Waals surface area contributed by atoms with Gasteiger partial charge in [-0.2, -0.15) is 5.10 Å². The van der Waals surface area contributed by atoms with Gasteiger partial charge in [-0.25, -0.2) is 5.43 Å². The molecule has 0 aliphatic rings. The zero-order chi connectivity index (χ0) is 24.0. The number of carbonyl (C=O) groups excluding carboxylic acids is 1. The van der Waals surface area contributed by atoms with E-state index in [-0.39, 0.29) is 5.91 Å². The predicted molar refractivity (Wildman–Crippen MR) is 141 cm³/mol. The molecular weight excluding hydrogens is 432 g/mol. The fraction of sp³-hybridized carbons (Fsp3) is 0.0333. The minimum Gasteiger partial charge on any atom is -0.309 e. The van der Waals surface area contributed by atoms with E-state index in [2.05, 4.69) is 81.6 Å². The third-order valence-electron chi connectivity index (χ3n) is 5.75. The number of nitrogens with zero attached hydrogens (tertiary/aromatic N) is 3. The number of aromatic nitrogens is 2. The quantitative estimate of drug-likeness (QED) is 0.241. The maximum Gasteiger partial charge on any atom is 0.271 e. The molecule has 0 aliphatic carbocycles. The molecule has 2 heterocycles. The van der Waals surface area contributed by atoms with E-state index in [9.17, 15) is 4.79 Å². The SMILES string of the molecule is Cc1ccc(-n2c(-c3ccccc3)cc(/C=N\NC(=O)c3ccncc3)c2-c2ccccc2)cc1. The number of carbonyl (C=O) groups is 1. The summed E-state index contributed by atoms with van der Waals surface area (Å²) in [5.41, 5.74) is 10.5. The summed E-state index contributed by atoms with van der Waals surface area (Å²) in [6, 6.07) is 34.4. The predicted octanol–water partition coefficient (Wildman–Crippen LogP) is 6.28. The molecule has 1 amide bonds. The van der Waals surface area contributed by atoms with Crippen molar-refractivity contribution in [3.05, 3.63) is 132 Å². The fourth-order valence-electron chi connectivity index (χ4n) is 4.03. The van der Waals surface area contributed by atoms with E-state index in [0.717, 1.165) is 33.8 Å². The summed E-state index contributed by atoms with van der Waals surface area (Å²) in [6.07, 6.45) is 4.87. The number of pyridine rings is 1. The minimum atomic E-state index is -0.286. The first-order valence-corrected chi connectivity index (χ1v) is 11.4. The van der Waals surface area contributed by atoms with E-state index in [4.69, 9.17) is 0 Å². The molecule has 2 aromatic heterocycles. The van der Waals surface area contributed by atoms with Crippen molar-refractivity contribution in [2.24, 2.45) is 5.10 Å². The highest BCUT2D eigenvalue weighted by molar-refractivity contribution is 5.97. The van der Waals surface area contributed by atoms with Crippen molar-refractivity contribution in [3.8, 4) is 28.2 Å².